The van der Waals surface area contributed by atoms with E-state index in [2.05, 4.69) is 4.98 Å². The summed E-state index contributed by atoms with van der Waals surface area (Å²) in [6.45, 7) is 4.70. The first-order valence-corrected chi connectivity index (χ1v) is 5.85. The van der Waals surface area contributed by atoms with Gasteiger partial charge in [0.1, 0.15) is 16.9 Å². The second-order valence-corrected chi connectivity index (χ2v) is 4.73. The zero-order chi connectivity index (χ0) is 12.3. The molecule has 90 valence electrons. The van der Waals surface area contributed by atoms with Crippen molar-refractivity contribution in [2.24, 2.45) is 5.73 Å². The molecule has 2 aromatic rings. The van der Waals surface area contributed by atoms with Crippen molar-refractivity contribution in [2.45, 2.75) is 25.9 Å². The van der Waals surface area contributed by atoms with E-state index in [1.165, 1.54) is 0 Å². The van der Waals surface area contributed by atoms with Crippen molar-refractivity contribution in [1.29, 1.82) is 0 Å². The first-order chi connectivity index (χ1) is 8.12. The lowest BCUT2D eigenvalue weighted by Crippen LogP contribution is -2.31. The van der Waals surface area contributed by atoms with Crippen LogP contribution in [-0.2, 0) is 0 Å². The van der Waals surface area contributed by atoms with E-state index in [-0.39, 0.29) is 5.60 Å². The zero-order valence-corrected chi connectivity index (χ0v) is 10.3. The molecule has 17 heavy (non-hydrogen) atoms. The lowest BCUT2D eigenvalue weighted by Gasteiger charge is -2.26. The Hall–Kier alpha value is -1.61. The Morgan fingerprint density at radius 1 is 1.24 bits per heavy atom. The number of hydrogen-bond donors (Lipinski definition) is 1. The number of para-hydroxylation sites is 1. The van der Waals surface area contributed by atoms with E-state index in [1.807, 2.05) is 44.2 Å². The second-order valence-electron chi connectivity index (χ2n) is 4.73. The molecule has 1 aromatic heterocycles. The zero-order valence-electron chi connectivity index (χ0n) is 10.3. The number of hydrogen-bond acceptors (Lipinski definition) is 3. The summed E-state index contributed by atoms with van der Waals surface area (Å²) in [4.78, 5) is 4.37. The summed E-state index contributed by atoms with van der Waals surface area (Å²) in [7, 11) is 0. The van der Waals surface area contributed by atoms with Gasteiger partial charge < -0.3 is 10.5 Å². The SMILES string of the molecule is CC(C)(CCN)Oc1cccc2cccnc12. The Kier molecular flexibility index (Phi) is 3.29. The number of rotatable bonds is 4. The Labute approximate surface area is 102 Å². The van der Waals surface area contributed by atoms with E-state index >= 15 is 0 Å². The van der Waals surface area contributed by atoms with Crippen molar-refractivity contribution in [2.75, 3.05) is 6.54 Å². The highest BCUT2D eigenvalue weighted by atomic mass is 16.5. The normalized spacial score (nSPS) is 11.7. The minimum absolute atomic E-state index is 0.263. The highest BCUT2D eigenvalue weighted by molar-refractivity contribution is 5.84. The van der Waals surface area contributed by atoms with Gasteiger partial charge in [-0.2, -0.15) is 0 Å². The molecule has 0 atom stereocenters. The van der Waals surface area contributed by atoms with Crippen LogP contribution < -0.4 is 10.5 Å². The number of nitrogens with zero attached hydrogens (tertiary/aromatic N) is 1. The molecule has 0 amide bonds. The van der Waals surface area contributed by atoms with E-state index in [9.17, 15) is 0 Å². The molecule has 0 radical (unpaired) electrons. The summed E-state index contributed by atoms with van der Waals surface area (Å²) in [5.74, 6) is 0.821. The van der Waals surface area contributed by atoms with E-state index < -0.39 is 0 Å². The van der Waals surface area contributed by atoms with Crippen molar-refractivity contribution in [3.05, 3.63) is 36.5 Å². The molecule has 0 aliphatic carbocycles. The monoisotopic (exact) mass is 230 g/mol. The van der Waals surface area contributed by atoms with Crippen LogP contribution >= 0.6 is 0 Å². The molecule has 3 heteroatoms. The summed E-state index contributed by atoms with van der Waals surface area (Å²) in [6.07, 6.45) is 2.60. The quantitative estimate of drug-likeness (QED) is 0.878. The van der Waals surface area contributed by atoms with E-state index in [0.717, 1.165) is 23.1 Å². The van der Waals surface area contributed by atoms with Crippen LogP contribution in [0.3, 0.4) is 0 Å². The molecule has 0 spiro atoms. The minimum Gasteiger partial charge on any atom is -0.486 e. The van der Waals surface area contributed by atoms with Gasteiger partial charge >= 0.3 is 0 Å². The molecule has 0 bridgehead atoms. The first kappa shape index (κ1) is 11.9. The smallest absolute Gasteiger partial charge is 0.146 e. The highest BCUT2D eigenvalue weighted by Crippen LogP contribution is 2.27. The van der Waals surface area contributed by atoms with Crippen molar-refractivity contribution < 1.29 is 4.74 Å². The van der Waals surface area contributed by atoms with Crippen LogP contribution in [0.5, 0.6) is 5.75 Å². The lowest BCUT2D eigenvalue weighted by molar-refractivity contribution is 0.104. The maximum Gasteiger partial charge on any atom is 0.146 e. The fraction of sp³-hybridized carbons (Fsp3) is 0.357. The van der Waals surface area contributed by atoms with Gasteiger partial charge in [-0.15, -0.1) is 0 Å². The molecule has 0 saturated carbocycles. The van der Waals surface area contributed by atoms with Crippen molar-refractivity contribution in [3.8, 4) is 5.75 Å². The molecular formula is C14H18N2O. The van der Waals surface area contributed by atoms with Gasteiger partial charge in [0.25, 0.3) is 0 Å². The van der Waals surface area contributed by atoms with Crippen LogP contribution in [0, 0.1) is 0 Å². The summed E-state index contributed by atoms with van der Waals surface area (Å²) in [6, 6.07) is 9.93. The Morgan fingerprint density at radius 3 is 2.76 bits per heavy atom. The number of aromatic nitrogens is 1. The van der Waals surface area contributed by atoms with Crippen LogP contribution in [0.2, 0.25) is 0 Å². The molecule has 0 unspecified atom stereocenters. The average Bonchev–Trinajstić information content (AvgIpc) is 2.29. The van der Waals surface area contributed by atoms with Crippen LogP contribution in [-0.4, -0.2) is 17.1 Å². The van der Waals surface area contributed by atoms with Gasteiger partial charge in [0.15, 0.2) is 0 Å². The summed E-state index contributed by atoms with van der Waals surface area (Å²) in [5, 5.41) is 1.09. The van der Waals surface area contributed by atoms with Gasteiger partial charge in [-0.3, -0.25) is 4.98 Å². The maximum absolute atomic E-state index is 6.01. The van der Waals surface area contributed by atoms with Crippen molar-refractivity contribution in [1.82, 2.24) is 4.98 Å². The fourth-order valence-corrected chi connectivity index (χ4v) is 1.85. The molecule has 3 nitrogen and oxygen atoms in total. The molecule has 2 N–H and O–H groups in total. The van der Waals surface area contributed by atoms with Gasteiger partial charge in [-0.1, -0.05) is 18.2 Å². The maximum atomic E-state index is 6.01. The highest BCUT2D eigenvalue weighted by Gasteiger charge is 2.19. The Bertz CT molecular complexity index is 503. The lowest BCUT2D eigenvalue weighted by atomic mass is 10.1. The Balaban J connectivity index is 2.36. The van der Waals surface area contributed by atoms with Crippen LogP contribution in [0.1, 0.15) is 20.3 Å². The molecule has 1 heterocycles. The summed E-state index contributed by atoms with van der Waals surface area (Å²) >= 11 is 0. The van der Waals surface area contributed by atoms with Crippen molar-refractivity contribution in [3.63, 3.8) is 0 Å². The molecule has 0 saturated heterocycles. The number of pyridine rings is 1. The molecule has 1 aromatic carbocycles. The number of nitrogens with two attached hydrogens (primary N) is 1. The standard InChI is InChI=1S/C14H18N2O/c1-14(2,8-9-15)17-12-7-3-5-11-6-4-10-16-13(11)12/h3-7,10H,8-9,15H2,1-2H3. The van der Waals surface area contributed by atoms with Gasteiger partial charge in [-0.25, -0.2) is 0 Å². The predicted molar refractivity (Wildman–Crippen MR) is 70.1 cm³/mol. The molecule has 0 aliphatic rings. The van der Waals surface area contributed by atoms with Gasteiger partial charge in [0.05, 0.1) is 0 Å². The van der Waals surface area contributed by atoms with Crippen LogP contribution in [0.15, 0.2) is 36.5 Å². The summed E-state index contributed by atoms with van der Waals surface area (Å²) in [5.41, 5.74) is 6.22. The number of ether oxygens (including phenoxy) is 1. The fourth-order valence-electron chi connectivity index (χ4n) is 1.85. The topological polar surface area (TPSA) is 48.1 Å². The van der Waals surface area contributed by atoms with Gasteiger partial charge in [-0.05, 0) is 38.9 Å². The molecule has 0 aliphatic heterocycles. The van der Waals surface area contributed by atoms with E-state index in [0.29, 0.717) is 6.54 Å². The largest absolute Gasteiger partial charge is 0.486 e. The number of benzene rings is 1. The molecule has 2 rings (SSSR count). The van der Waals surface area contributed by atoms with Crippen LogP contribution in [0.25, 0.3) is 10.9 Å². The van der Waals surface area contributed by atoms with E-state index in [4.69, 9.17) is 10.5 Å². The Morgan fingerprint density at radius 2 is 2.00 bits per heavy atom. The molecular weight excluding hydrogens is 212 g/mol. The second kappa shape index (κ2) is 4.72. The molecule has 0 fully saturated rings. The third kappa shape index (κ3) is 2.74. The van der Waals surface area contributed by atoms with Crippen molar-refractivity contribution >= 4 is 10.9 Å². The first-order valence-electron chi connectivity index (χ1n) is 5.85. The van der Waals surface area contributed by atoms with Crippen LogP contribution in [0.4, 0.5) is 0 Å². The summed E-state index contributed by atoms with van der Waals surface area (Å²) < 4.78 is 6.01. The number of fused-ring (bicyclic) bond motifs is 1. The minimum atomic E-state index is -0.263. The van der Waals surface area contributed by atoms with E-state index in [1.54, 1.807) is 6.20 Å². The third-order valence-electron chi connectivity index (χ3n) is 2.73. The van der Waals surface area contributed by atoms with Gasteiger partial charge in [0.2, 0.25) is 0 Å². The average molecular weight is 230 g/mol. The van der Waals surface area contributed by atoms with Gasteiger partial charge in [0, 0.05) is 11.6 Å². The predicted octanol–water partition coefficient (Wildman–Crippen LogP) is 2.74. The third-order valence-corrected chi connectivity index (χ3v) is 2.73.